The molecule has 7 heteroatoms. The molecule has 138 valence electrons. The Balaban J connectivity index is 1.49. The van der Waals surface area contributed by atoms with Gasteiger partial charge in [-0.05, 0) is 36.3 Å². The van der Waals surface area contributed by atoms with Gasteiger partial charge in [0.2, 0.25) is 11.1 Å². The zero-order valence-corrected chi connectivity index (χ0v) is 15.5. The maximum atomic E-state index is 12.9. The molecule has 0 aliphatic rings. The third kappa shape index (κ3) is 5.79. The molecule has 2 N–H and O–H groups in total. The molecule has 1 atom stereocenters. The van der Waals surface area contributed by atoms with Crippen molar-refractivity contribution in [1.29, 1.82) is 0 Å². The molecule has 1 aromatic heterocycles. The fourth-order valence-corrected chi connectivity index (χ4v) is 3.00. The van der Waals surface area contributed by atoms with E-state index in [-0.39, 0.29) is 23.5 Å². The number of H-pyrrole nitrogens is 1. The molecule has 3 rings (SSSR count). The summed E-state index contributed by atoms with van der Waals surface area (Å²) in [6.45, 7) is 1.95. The highest BCUT2D eigenvalue weighted by Gasteiger charge is 2.11. The molecule has 0 aliphatic carbocycles. The van der Waals surface area contributed by atoms with Crippen molar-refractivity contribution in [1.82, 2.24) is 20.5 Å². The van der Waals surface area contributed by atoms with Gasteiger partial charge in [0.05, 0.1) is 11.8 Å². The van der Waals surface area contributed by atoms with Gasteiger partial charge in [-0.1, -0.05) is 60.3 Å². The highest BCUT2D eigenvalue weighted by Crippen LogP contribution is 2.15. The van der Waals surface area contributed by atoms with Crippen LogP contribution in [0.1, 0.15) is 29.9 Å². The molecule has 0 spiro atoms. The largest absolute Gasteiger partial charge is 0.349 e. The van der Waals surface area contributed by atoms with Gasteiger partial charge in [-0.15, -0.1) is 5.10 Å². The number of aromatic nitrogens is 3. The molecular weight excluding hydrogens is 363 g/mol. The summed E-state index contributed by atoms with van der Waals surface area (Å²) in [6.07, 6.45) is 3.56. The lowest BCUT2D eigenvalue weighted by molar-refractivity contribution is -0.119. The number of hydrogen-bond donors (Lipinski definition) is 2. The SMILES string of the molecule is CC(NC(=O)CSc1n[nH]c(/C=C/c2ccc(F)cc2)n1)c1ccccc1. The van der Waals surface area contributed by atoms with Gasteiger partial charge in [-0.2, -0.15) is 0 Å². The van der Waals surface area contributed by atoms with E-state index in [9.17, 15) is 9.18 Å². The maximum Gasteiger partial charge on any atom is 0.230 e. The minimum atomic E-state index is -0.273. The Morgan fingerprint density at radius 1 is 1.19 bits per heavy atom. The summed E-state index contributed by atoms with van der Waals surface area (Å²) in [5.41, 5.74) is 1.92. The average molecular weight is 382 g/mol. The van der Waals surface area contributed by atoms with E-state index in [0.717, 1.165) is 11.1 Å². The van der Waals surface area contributed by atoms with Crippen LogP contribution >= 0.6 is 11.8 Å². The standard InChI is InChI=1S/C20H19FN4OS/c1-14(16-5-3-2-4-6-16)22-19(26)13-27-20-23-18(24-25-20)12-9-15-7-10-17(21)11-8-15/h2-12,14H,13H2,1H3,(H,22,26)(H,23,24,25)/b12-9+. The smallest absolute Gasteiger partial charge is 0.230 e. The fourth-order valence-electron chi connectivity index (χ4n) is 2.38. The zero-order chi connectivity index (χ0) is 19.1. The van der Waals surface area contributed by atoms with Gasteiger partial charge in [0.1, 0.15) is 11.6 Å². The molecule has 0 fully saturated rings. The number of thioether (sulfide) groups is 1. The molecule has 0 saturated carbocycles. The minimum absolute atomic E-state index is 0.0550. The van der Waals surface area contributed by atoms with Crippen LogP contribution in [0.15, 0.2) is 59.8 Å². The van der Waals surface area contributed by atoms with Crippen molar-refractivity contribution in [2.24, 2.45) is 0 Å². The number of carbonyl (C=O) groups is 1. The molecule has 5 nitrogen and oxygen atoms in total. The molecule has 1 amide bonds. The lowest BCUT2D eigenvalue weighted by atomic mass is 10.1. The van der Waals surface area contributed by atoms with Gasteiger partial charge < -0.3 is 5.32 Å². The Kier molecular flexibility index (Phi) is 6.38. The highest BCUT2D eigenvalue weighted by atomic mass is 32.2. The third-order valence-corrected chi connectivity index (χ3v) is 4.64. The average Bonchev–Trinajstić information content (AvgIpc) is 3.14. The molecule has 2 aromatic carbocycles. The van der Waals surface area contributed by atoms with Gasteiger partial charge >= 0.3 is 0 Å². The van der Waals surface area contributed by atoms with Crippen LogP contribution in [0.4, 0.5) is 4.39 Å². The number of halogens is 1. The van der Waals surface area contributed by atoms with Gasteiger partial charge in [-0.25, -0.2) is 9.37 Å². The summed E-state index contributed by atoms with van der Waals surface area (Å²) >= 11 is 1.26. The van der Waals surface area contributed by atoms with Crippen LogP contribution in [0.25, 0.3) is 12.2 Å². The van der Waals surface area contributed by atoms with Crippen molar-refractivity contribution in [3.63, 3.8) is 0 Å². The number of benzene rings is 2. The van der Waals surface area contributed by atoms with Crippen LogP contribution < -0.4 is 5.32 Å². The molecule has 27 heavy (non-hydrogen) atoms. The number of amides is 1. The first-order chi connectivity index (χ1) is 13.1. The van der Waals surface area contributed by atoms with E-state index in [1.54, 1.807) is 18.2 Å². The van der Waals surface area contributed by atoms with E-state index in [4.69, 9.17) is 0 Å². The van der Waals surface area contributed by atoms with E-state index >= 15 is 0 Å². The first kappa shape index (κ1) is 18.8. The number of hydrogen-bond acceptors (Lipinski definition) is 4. The lowest BCUT2D eigenvalue weighted by Gasteiger charge is -2.13. The van der Waals surface area contributed by atoms with Crippen molar-refractivity contribution in [2.45, 2.75) is 18.1 Å². The van der Waals surface area contributed by atoms with Gasteiger partial charge in [0.15, 0.2) is 0 Å². The quantitative estimate of drug-likeness (QED) is 0.604. The monoisotopic (exact) mass is 382 g/mol. The third-order valence-electron chi connectivity index (χ3n) is 3.80. The number of aromatic amines is 1. The Morgan fingerprint density at radius 3 is 2.67 bits per heavy atom. The Hall–Kier alpha value is -2.93. The molecule has 3 aromatic rings. The van der Waals surface area contributed by atoms with Crippen molar-refractivity contribution < 1.29 is 9.18 Å². The van der Waals surface area contributed by atoms with E-state index in [2.05, 4.69) is 20.5 Å². The highest BCUT2D eigenvalue weighted by molar-refractivity contribution is 7.99. The van der Waals surface area contributed by atoms with E-state index in [1.165, 1.54) is 23.9 Å². The molecule has 1 heterocycles. The summed E-state index contributed by atoms with van der Waals surface area (Å²) in [7, 11) is 0. The van der Waals surface area contributed by atoms with Gasteiger partial charge in [0.25, 0.3) is 0 Å². The second-order valence-electron chi connectivity index (χ2n) is 5.88. The summed E-state index contributed by atoms with van der Waals surface area (Å²) in [5, 5.41) is 10.3. The Bertz CT molecular complexity index is 909. The van der Waals surface area contributed by atoms with E-state index < -0.39 is 0 Å². The zero-order valence-electron chi connectivity index (χ0n) is 14.7. The second-order valence-corrected chi connectivity index (χ2v) is 6.82. The van der Waals surface area contributed by atoms with Crippen LogP contribution in [-0.4, -0.2) is 26.8 Å². The summed E-state index contributed by atoms with van der Waals surface area (Å²) < 4.78 is 12.9. The van der Waals surface area contributed by atoms with Crippen molar-refractivity contribution >= 4 is 29.8 Å². The molecule has 0 radical (unpaired) electrons. The first-order valence-electron chi connectivity index (χ1n) is 8.43. The molecule has 0 aliphatic heterocycles. The van der Waals surface area contributed by atoms with Gasteiger partial charge in [0, 0.05) is 0 Å². The van der Waals surface area contributed by atoms with Crippen LogP contribution in [0.3, 0.4) is 0 Å². The molecular formula is C20H19FN4OS. The molecule has 1 unspecified atom stereocenters. The van der Waals surface area contributed by atoms with E-state index in [1.807, 2.05) is 43.3 Å². The normalized spacial score (nSPS) is 12.2. The Morgan fingerprint density at radius 2 is 1.93 bits per heavy atom. The van der Waals surface area contributed by atoms with Crippen molar-refractivity contribution in [2.75, 3.05) is 5.75 Å². The topological polar surface area (TPSA) is 70.7 Å². The number of carbonyl (C=O) groups excluding carboxylic acids is 1. The fraction of sp³-hybridized carbons (Fsp3) is 0.150. The number of rotatable bonds is 7. The van der Waals surface area contributed by atoms with Gasteiger partial charge in [-0.3, -0.25) is 9.89 Å². The molecule has 0 saturated heterocycles. The summed E-state index contributed by atoms with van der Waals surface area (Å²) in [6, 6.07) is 15.9. The van der Waals surface area contributed by atoms with Crippen LogP contribution in [0.5, 0.6) is 0 Å². The predicted molar refractivity (Wildman–Crippen MR) is 105 cm³/mol. The summed E-state index contributed by atoms with van der Waals surface area (Å²) in [4.78, 5) is 16.4. The van der Waals surface area contributed by atoms with Crippen LogP contribution in [0.2, 0.25) is 0 Å². The minimum Gasteiger partial charge on any atom is -0.349 e. The maximum absolute atomic E-state index is 12.9. The van der Waals surface area contributed by atoms with Crippen molar-refractivity contribution in [3.8, 4) is 0 Å². The van der Waals surface area contributed by atoms with E-state index in [0.29, 0.717) is 11.0 Å². The van der Waals surface area contributed by atoms with Crippen LogP contribution in [-0.2, 0) is 4.79 Å². The predicted octanol–water partition coefficient (Wildman–Crippen LogP) is 4.08. The Labute approximate surface area is 161 Å². The lowest BCUT2D eigenvalue weighted by Crippen LogP contribution is -2.28. The first-order valence-corrected chi connectivity index (χ1v) is 9.42. The van der Waals surface area contributed by atoms with Crippen molar-refractivity contribution in [3.05, 3.63) is 77.4 Å². The molecule has 0 bridgehead atoms. The number of nitrogens with zero attached hydrogens (tertiary/aromatic N) is 2. The van der Waals surface area contributed by atoms with Crippen LogP contribution in [0, 0.1) is 5.82 Å². The second kappa shape index (κ2) is 9.14. The number of nitrogens with one attached hydrogen (secondary N) is 2. The summed E-state index contributed by atoms with van der Waals surface area (Å²) in [5.74, 6) is 0.450.